The van der Waals surface area contributed by atoms with Crippen molar-refractivity contribution in [1.82, 2.24) is 5.32 Å². The van der Waals surface area contributed by atoms with Crippen molar-refractivity contribution in [3.63, 3.8) is 0 Å². The van der Waals surface area contributed by atoms with Crippen LogP contribution in [-0.2, 0) is 4.79 Å². The van der Waals surface area contributed by atoms with Crippen molar-refractivity contribution in [1.29, 1.82) is 0 Å². The number of carbonyl (C=O) groups excluding carboxylic acids is 1. The molecule has 0 atom stereocenters. The van der Waals surface area contributed by atoms with Gasteiger partial charge in [-0.3, -0.25) is 4.79 Å². The second-order valence-electron chi connectivity index (χ2n) is 4.93. The maximum atomic E-state index is 12.2. The van der Waals surface area contributed by atoms with Gasteiger partial charge in [0.1, 0.15) is 0 Å². The molecular weight excluding hydrogens is 226 g/mol. The van der Waals surface area contributed by atoms with Crippen LogP contribution in [0.5, 0.6) is 0 Å². The normalized spacial score (nSPS) is 16.3. The topological polar surface area (TPSA) is 44.4 Å². The Kier molecular flexibility index (Phi) is 4.20. The van der Waals surface area contributed by atoms with Crippen LogP contribution in [0, 0.1) is 5.92 Å². The summed E-state index contributed by atoms with van der Waals surface area (Å²) in [6.45, 7) is 1.88. The van der Waals surface area contributed by atoms with E-state index in [9.17, 15) is 4.79 Å². The number of rotatable bonds is 3. The van der Waals surface area contributed by atoms with Crippen LogP contribution in [0.25, 0.3) is 0 Å². The van der Waals surface area contributed by atoms with Gasteiger partial charge in [0, 0.05) is 20.0 Å². The van der Waals surface area contributed by atoms with Crippen LogP contribution in [0.15, 0.2) is 24.3 Å². The SMILES string of the molecule is CN(C)c1ccccc1NC(=O)C1CCNCC1. The Morgan fingerprint density at radius 2 is 1.94 bits per heavy atom. The molecule has 1 aromatic carbocycles. The van der Waals surface area contributed by atoms with Crippen LogP contribution in [0.3, 0.4) is 0 Å². The molecular formula is C14H21N3O. The summed E-state index contributed by atoms with van der Waals surface area (Å²) in [6.07, 6.45) is 1.85. The van der Waals surface area contributed by atoms with E-state index in [1.807, 2.05) is 43.3 Å². The van der Waals surface area contributed by atoms with Crippen LogP contribution in [0.4, 0.5) is 11.4 Å². The minimum Gasteiger partial charge on any atom is -0.376 e. The summed E-state index contributed by atoms with van der Waals surface area (Å²) in [6, 6.07) is 7.90. The fourth-order valence-corrected chi connectivity index (χ4v) is 2.29. The van der Waals surface area contributed by atoms with Gasteiger partial charge in [0.15, 0.2) is 0 Å². The maximum absolute atomic E-state index is 12.2. The van der Waals surface area contributed by atoms with Gasteiger partial charge in [0.05, 0.1) is 11.4 Å². The molecule has 1 heterocycles. The van der Waals surface area contributed by atoms with Crippen LogP contribution < -0.4 is 15.5 Å². The highest BCUT2D eigenvalue weighted by Gasteiger charge is 2.21. The predicted octanol–water partition coefficient (Wildman–Crippen LogP) is 1.69. The van der Waals surface area contributed by atoms with E-state index in [0.717, 1.165) is 37.3 Å². The largest absolute Gasteiger partial charge is 0.376 e. The van der Waals surface area contributed by atoms with Crippen molar-refractivity contribution in [3.05, 3.63) is 24.3 Å². The van der Waals surface area contributed by atoms with Gasteiger partial charge in [0.25, 0.3) is 0 Å². The van der Waals surface area contributed by atoms with Crippen LogP contribution >= 0.6 is 0 Å². The van der Waals surface area contributed by atoms with Gasteiger partial charge in [-0.15, -0.1) is 0 Å². The zero-order valence-corrected chi connectivity index (χ0v) is 11.1. The lowest BCUT2D eigenvalue weighted by Gasteiger charge is -2.23. The first-order valence-electron chi connectivity index (χ1n) is 6.46. The van der Waals surface area contributed by atoms with Crippen molar-refractivity contribution >= 4 is 17.3 Å². The van der Waals surface area contributed by atoms with Crippen molar-refractivity contribution in [2.75, 3.05) is 37.4 Å². The molecule has 1 aliphatic rings. The van der Waals surface area contributed by atoms with E-state index in [0.29, 0.717) is 0 Å². The molecule has 4 nitrogen and oxygen atoms in total. The zero-order chi connectivity index (χ0) is 13.0. The maximum Gasteiger partial charge on any atom is 0.227 e. The summed E-state index contributed by atoms with van der Waals surface area (Å²) in [7, 11) is 3.96. The fourth-order valence-electron chi connectivity index (χ4n) is 2.29. The van der Waals surface area contributed by atoms with Gasteiger partial charge in [-0.2, -0.15) is 0 Å². The predicted molar refractivity (Wildman–Crippen MR) is 75.0 cm³/mol. The van der Waals surface area contributed by atoms with Crippen LogP contribution in [0.1, 0.15) is 12.8 Å². The molecule has 4 heteroatoms. The Hall–Kier alpha value is -1.55. The number of para-hydroxylation sites is 2. The summed E-state index contributed by atoms with van der Waals surface area (Å²) in [5.74, 6) is 0.285. The third kappa shape index (κ3) is 3.01. The highest BCUT2D eigenvalue weighted by atomic mass is 16.1. The van der Waals surface area contributed by atoms with E-state index in [1.54, 1.807) is 0 Å². The standard InChI is InChI=1S/C14H21N3O/c1-17(2)13-6-4-3-5-12(13)16-14(18)11-7-9-15-10-8-11/h3-6,11,15H,7-10H2,1-2H3,(H,16,18). The quantitative estimate of drug-likeness (QED) is 0.854. The second kappa shape index (κ2) is 5.87. The van der Waals surface area contributed by atoms with Crippen molar-refractivity contribution in [3.8, 4) is 0 Å². The number of nitrogens with zero attached hydrogens (tertiary/aromatic N) is 1. The number of anilines is 2. The molecule has 98 valence electrons. The van der Waals surface area contributed by atoms with E-state index in [-0.39, 0.29) is 11.8 Å². The summed E-state index contributed by atoms with van der Waals surface area (Å²) in [5.41, 5.74) is 1.94. The minimum atomic E-state index is 0.140. The average molecular weight is 247 g/mol. The van der Waals surface area contributed by atoms with Crippen molar-refractivity contribution in [2.45, 2.75) is 12.8 Å². The minimum absolute atomic E-state index is 0.140. The van der Waals surface area contributed by atoms with Crippen molar-refractivity contribution < 1.29 is 4.79 Å². The first kappa shape index (κ1) is 12.9. The Morgan fingerprint density at radius 1 is 1.28 bits per heavy atom. The van der Waals surface area contributed by atoms with Gasteiger partial charge >= 0.3 is 0 Å². The molecule has 1 aromatic rings. The Labute approximate surface area is 108 Å². The lowest BCUT2D eigenvalue weighted by molar-refractivity contribution is -0.120. The molecule has 1 amide bonds. The van der Waals surface area contributed by atoms with Crippen molar-refractivity contribution in [2.24, 2.45) is 5.92 Å². The average Bonchev–Trinajstić information content (AvgIpc) is 2.40. The highest BCUT2D eigenvalue weighted by molar-refractivity contribution is 5.95. The number of hydrogen-bond donors (Lipinski definition) is 2. The molecule has 18 heavy (non-hydrogen) atoms. The Morgan fingerprint density at radius 3 is 2.61 bits per heavy atom. The van der Waals surface area contributed by atoms with Gasteiger partial charge in [0.2, 0.25) is 5.91 Å². The Balaban J connectivity index is 2.06. The third-order valence-corrected chi connectivity index (χ3v) is 3.35. The van der Waals surface area contributed by atoms with Gasteiger partial charge in [-0.05, 0) is 38.1 Å². The molecule has 2 rings (SSSR count). The molecule has 0 aliphatic carbocycles. The first-order valence-corrected chi connectivity index (χ1v) is 6.46. The van der Waals surface area contributed by atoms with E-state index < -0.39 is 0 Å². The lowest BCUT2D eigenvalue weighted by Crippen LogP contribution is -2.34. The molecule has 1 fully saturated rings. The number of nitrogens with one attached hydrogen (secondary N) is 2. The van der Waals surface area contributed by atoms with E-state index >= 15 is 0 Å². The van der Waals surface area contributed by atoms with Gasteiger partial charge < -0.3 is 15.5 Å². The number of amides is 1. The molecule has 0 radical (unpaired) electrons. The first-order chi connectivity index (χ1) is 8.68. The van der Waals surface area contributed by atoms with E-state index in [1.165, 1.54) is 0 Å². The van der Waals surface area contributed by atoms with Crippen LogP contribution in [0.2, 0.25) is 0 Å². The fraction of sp³-hybridized carbons (Fsp3) is 0.500. The molecule has 2 N–H and O–H groups in total. The summed E-state index contributed by atoms with van der Waals surface area (Å²) in [5, 5.41) is 6.33. The van der Waals surface area contributed by atoms with Gasteiger partial charge in [-0.25, -0.2) is 0 Å². The Bertz CT molecular complexity index is 411. The second-order valence-corrected chi connectivity index (χ2v) is 4.93. The summed E-state index contributed by atoms with van der Waals surface area (Å²) in [4.78, 5) is 14.2. The van der Waals surface area contributed by atoms with Crippen LogP contribution in [-0.4, -0.2) is 33.1 Å². The molecule has 0 aromatic heterocycles. The molecule has 0 bridgehead atoms. The lowest BCUT2D eigenvalue weighted by atomic mass is 9.97. The summed E-state index contributed by atoms with van der Waals surface area (Å²) >= 11 is 0. The van der Waals surface area contributed by atoms with E-state index in [2.05, 4.69) is 10.6 Å². The summed E-state index contributed by atoms with van der Waals surface area (Å²) < 4.78 is 0. The molecule has 0 saturated carbocycles. The van der Waals surface area contributed by atoms with E-state index in [4.69, 9.17) is 0 Å². The number of carbonyl (C=O) groups is 1. The molecule has 0 spiro atoms. The molecule has 1 saturated heterocycles. The number of piperidine rings is 1. The third-order valence-electron chi connectivity index (χ3n) is 3.35. The number of benzene rings is 1. The number of hydrogen-bond acceptors (Lipinski definition) is 3. The zero-order valence-electron chi connectivity index (χ0n) is 11.1. The monoisotopic (exact) mass is 247 g/mol. The van der Waals surface area contributed by atoms with Gasteiger partial charge in [-0.1, -0.05) is 12.1 Å². The molecule has 1 aliphatic heterocycles. The smallest absolute Gasteiger partial charge is 0.227 e. The highest BCUT2D eigenvalue weighted by Crippen LogP contribution is 2.25. The molecule has 0 unspecified atom stereocenters.